The predicted molar refractivity (Wildman–Crippen MR) is 98.4 cm³/mol. The van der Waals surface area contributed by atoms with Gasteiger partial charge in [0.15, 0.2) is 0 Å². The Balaban J connectivity index is 1.67. The molecule has 3 rings (SSSR count). The normalized spacial score (nSPS) is 11.1. The molecule has 0 aliphatic carbocycles. The standard InChI is InChI=1S/C20H24N4O/c1-25-13-7-12-23(17-19-8-5-6-11-21-19)15-18-14-22-24(16-18)20-9-3-2-4-10-20/h2-6,8-11,14,16H,7,12-13,15,17H2,1H3. The number of pyridine rings is 1. The zero-order chi connectivity index (χ0) is 17.3. The maximum atomic E-state index is 5.20. The van der Waals surface area contributed by atoms with Gasteiger partial charge in [-0.1, -0.05) is 24.3 Å². The summed E-state index contributed by atoms with van der Waals surface area (Å²) >= 11 is 0. The van der Waals surface area contributed by atoms with Gasteiger partial charge in [-0.05, 0) is 30.7 Å². The molecule has 0 unspecified atom stereocenters. The van der Waals surface area contributed by atoms with Crippen molar-refractivity contribution in [1.82, 2.24) is 19.7 Å². The fraction of sp³-hybridized carbons (Fsp3) is 0.300. The van der Waals surface area contributed by atoms with Gasteiger partial charge in [0.1, 0.15) is 0 Å². The third-order valence-electron chi connectivity index (χ3n) is 4.00. The van der Waals surface area contributed by atoms with E-state index in [1.54, 1.807) is 7.11 Å². The molecule has 0 saturated carbocycles. The fourth-order valence-corrected chi connectivity index (χ4v) is 2.79. The monoisotopic (exact) mass is 336 g/mol. The van der Waals surface area contributed by atoms with E-state index in [0.29, 0.717) is 0 Å². The number of para-hydroxylation sites is 1. The Bertz CT molecular complexity index is 743. The van der Waals surface area contributed by atoms with Gasteiger partial charge in [0.2, 0.25) is 0 Å². The molecule has 3 aromatic rings. The highest BCUT2D eigenvalue weighted by atomic mass is 16.5. The molecular formula is C20H24N4O. The summed E-state index contributed by atoms with van der Waals surface area (Å²) in [6.45, 7) is 3.39. The molecule has 1 aromatic carbocycles. The zero-order valence-corrected chi connectivity index (χ0v) is 14.6. The largest absolute Gasteiger partial charge is 0.385 e. The molecule has 0 radical (unpaired) electrons. The molecule has 0 spiro atoms. The summed E-state index contributed by atoms with van der Waals surface area (Å²) in [6.07, 6.45) is 6.87. The van der Waals surface area contributed by atoms with E-state index in [9.17, 15) is 0 Å². The van der Waals surface area contributed by atoms with Gasteiger partial charge < -0.3 is 4.74 Å². The van der Waals surface area contributed by atoms with Gasteiger partial charge in [0.05, 0.1) is 17.6 Å². The second-order valence-corrected chi connectivity index (χ2v) is 6.01. The summed E-state index contributed by atoms with van der Waals surface area (Å²) in [7, 11) is 1.74. The van der Waals surface area contributed by atoms with Crippen molar-refractivity contribution in [2.75, 3.05) is 20.3 Å². The highest BCUT2D eigenvalue weighted by Crippen LogP contribution is 2.12. The first-order valence-electron chi connectivity index (χ1n) is 8.55. The highest BCUT2D eigenvalue weighted by molar-refractivity contribution is 5.30. The van der Waals surface area contributed by atoms with E-state index in [4.69, 9.17) is 4.74 Å². The number of hydrogen-bond acceptors (Lipinski definition) is 4. The van der Waals surface area contributed by atoms with Crippen LogP contribution in [0.25, 0.3) is 5.69 Å². The van der Waals surface area contributed by atoms with E-state index in [1.807, 2.05) is 47.4 Å². The Morgan fingerprint density at radius 3 is 2.64 bits per heavy atom. The van der Waals surface area contributed by atoms with Gasteiger partial charge in [0, 0.05) is 51.3 Å². The Morgan fingerprint density at radius 1 is 1.04 bits per heavy atom. The molecule has 0 bridgehead atoms. The zero-order valence-electron chi connectivity index (χ0n) is 14.6. The number of ether oxygens (including phenoxy) is 1. The van der Waals surface area contributed by atoms with Crippen LogP contribution < -0.4 is 0 Å². The first-order valence-corrected chi connectivity index (χ1v) is 8.55. The third kappa shape index (κ3) is 5.24. The lowest BCUT2D eigenvalue weighted by Gasteiger charge is -2.21. The third-order valence-corrected chi connectivity index (χ3v) is 4.00. The van der Waals surface area contributed by atoms with Crippen LogP contribution in [0.5, 0.6) is 0 Å². The van der Waals surface area contributed by atoms with E-state index >= 15 is 0 Å². The first-order chi connectivity index (χ1) is 12.3. The lowest BCUT2D eigenvalue weighted by atomic mass is 10.2. The second-order valence-electron chi connectivity index (χ2n) is 6.01. The van der Waals surface area contributed by atoms with Crippen LogP contribution in [-0.2, 0) is 17.8 Å². The molecule has 5 nitrogen and oxygen atoms in total. The summed E-state index contributed by atoms with van der Waals surface area (Å²) in [5, 5.41) is 4.49. The smallest absolute Gasteiger partial charge is 0.0645 e. The molecule has 0 aliphatic rings. The minimum Gasteiger partial charge on any atom is -0.385 e. The topological polar surface area (TPSA) is 43.2 Å². The van der Waals surface area contributed by atoms with E-state index in [1.165, 1.54) is 5.56 Å². The number of nitrogens with zero attached hydrogens (tertiary/aromatic N) is 4. The van der Waals surface area contributed by atoms with E-state index in [-0.39, 0.29) is 0 Å². The van der Waals surface area contributed by atoms with Crippen molar-refractivity contribution < 1.29 is 4.74 Å². The lowest BCUT2D eigenvalue weighted by molar-refractivity contribution is 0.166. The minimum absolute atomic E-state index is 0.766. The van der Waals surface area contributed by atoms with Gasteiger partial charge in [-0.25, -0.2) is 4.68 Å². The molecule has 0 N–H and O–H groups in total. The lowest BCUT2D eigenvalue weighted by Crippen LogP contribution is -2.25. The van der Waals surface area contributed by atoms with Gasteiger partial charge in [-0.2, -0.15) is 5.10 Å². The summed E-state index contributed by atoms with van der Waals surface area (Å²) < 4.78 is 7.12. The average Bonchev–Trinajstić information content (AvgIpc) is 3.12. The number of hydrogen-bond donors (Lipinski definition) is 0. The number of aromatic nitrogens is 3. The van der Waals surface area contributed by atoms with Crippen molar-refractivity contribution in [1.29, 1.82) is 0 Å². The summed E-state index contributed by atoms with van der Waals surface area (Å²) in [4.78, 5) is 6.83. The van der Waals surface area contributed by atoms with Crippen molar-refractivity contribution in [3.63, 3.8) is 0 Å². The molecule has 0 saturated heterocycles. The van der Waals surface area contributed by atoms with Crippen molar-refractivity contribution in [2.45, 2.75) is 19.5 Å². The van der Waals surface area contributed by atoms with Crippen LogP contribution in [0.4, 0.5) is 0 Å². The SMILES string of the molecule is COCCCN(Cc1cnn(-c2ccccc2)c1)Cc1ccccn1. The quantitative estimate of drug-likeness (QED) is 0.562. The van der Waals surface area contributed by atoms with Crippen molar-refractivity contribution in [3.8, 4) is 5.69 Å². The summed E-state index contributed by atoms with van der Waals surface area (Å²) in [6, 6.07) is 16.2. The van der Waals surface area contributed by atoms with E-state index in [2.05, 4.69) is 39.4 Å². The molecule has 2 aromatic heterocycles. The van der Waals surface area contributed by atoms with Gasteiger partial charge in [0.25, 0.3) is 0 Å². The summed E-state index contributed by atoms with van der Waals surface area (Å²) in [5.41, 5.74) is 3.34. The summed E-state index contributed by atoms with van der Waals surface area (Å²) in [5.74, 6) is 0. The van der Waals surface area contributed by atoms with Gasteiger partial charge in [-0.3, -0.25) is 9.88 Å². The van der Waals surface area contributed by atoms with Gasteiger partial charge in [-0.15, -0.1) is 0 Å². The van der Waals surface area contributed by atoms with Crippen molar-refractivity contribution >= 4 is 0 Å². The second kappa shape index (κ2) is 9.11. The number of methoxy groups -OCH3 is 1. The maximum absolute atomic E-state index is 5.20. The van der Waals surface area contributed by atoms with Crippen LogP contribution in [0.3, 0.4) is 0 Å². The molecule has 0 atom stereocenters. The molecule has 130 valence electrons. The Hall–Kier alpha value is -2.50. The fourth-order valence-electron chi connectivity index (χ4n) is 2.79. The van der Waals surface area contributed by atoms with Crippen molar-refractivity contribution in [3.05, 3.63) is 78.4 Å². The van der Waals surface area contributed by atoms with Crippen LogP contribution in [0.2, 0.25) is 0 Å². The molecule has 2 heterocycles. The average molecular weight is 336 g/mol. The van der Waals surface area contributed by atoms with E-state index < -0.39 is 0 Å². The molecule has 0 fully saturated rings. The minimum atomic E-state index is 0.766. The molecule has 0 aliphatic heterocycles. The Morgan fingerprint density at radius 2 is 1.88 bits per heavy atom. The van der Waals surface area contributed by atoms with Crippen LogP contribution in [0.15, 0.2) is 67.1 Å². The van der Waals surface area contributed by atoms with Crippen LogP contribution in [-0.4, -0.2) is 39.9 Å². The van der Waals surface area contributed by atoms with Crippen molar-refractivity contribution in [2.24, 2.45) is 0 Å². The maximum Gasteiger partial charge on any atom is 0.0645 e. The van der Waals surface area contributed by atoms with Crippen LogP contribution >= 0.6 is 0 Å². The molecule has 25 heavy (non-hydrogen) atoms. The van der Waals surface area contributed by atoms with Gasteiger partial charge >= 0.3 is 0 Å². The van der Waals surface area contributed by atoms with Crippen LogP contribution in [0.1, 0.15) is 17.7 Å². The molecule has 5 heteroatoms. The number of rotatable bonds is 9. The highest BCUT2D eigenvalue weighted by Gasteiger charge is 2.10. The Kier molecular flexibility index (Phi) is 6.31. The number of benzene rings is 1. The molecular weight excluding hydrogens is 312 g/mol. The Labute approximate surface area is 148 Å². The molecule has 0 amide bonds. The van der Waals surface area contributed by atoms with E-state index in [0.717, 1.165) is 44.0 Å². The first kappa shape index (κ1) is 17.3. The van der Waals surface area contributed by atoms with Crippen LogP contribution in [0, 0.1) is 0 Å². The predicted octanol–water partition coefficient (Wildman–Crippen LogP) is 3.31.